The van der Waals surface area contributed by atoms with Crippen molar-refractivity contribution in [2.75, 3.05) is 5.32 Å². The van der Waals surface area contributed by atoms with Gasteiger partial charge < -0.3 is 14.6 Å². The van der Waals surface area contributed by atoms with E-state index in [1.807, 2.05) is 66.6 Å². The Hall–Kier alpha value is -3.53. The molecule has 0 aliphatic heterocycles. The van der Waals surface area contributed by atoms with Crippen LogP contribution in [-0.2, 0) is 7.05 Å². The monoisotopic (exact) mass is 397 g/mol. The second-order valence-electron chi connectivity index (χ2n) is 7.47. The smallest absolute Gasteiger partial charge is 0.127 e. The van der Waals surface area contributed by atoms with Crippen molar-refractivity contribution in [1.29, 1.82) is 0 Å². The number of rotatable bonds is 8. The number of ether oxygens (including phenoxy) is 1. The van der Waals surface area contributed by atoms with Gasteiger partial charge in [-0.15, -0.1) is 0 Å². The number of aromatic nitrogens is 2. The third kappa shape index (κ3) is 4.90. The van der Waals surface area contributed by atoms with Crippen molar-refractivity contribution in [2.45, 2.75) is 25.8 Å². The standard InChI is InChI=1S/C26H27N3O/c1-3-7-25(20-12-16-24(17-13-20)30-23-8-5-4-6-9-23)28-22-14-10-21(11-15-22)26-18-29(2)19-27-26/h4-6,8-19,25,28H,3,7H2,1-2H3. The third-order valence-electron chi connectivity index (χ3n) is 5.07. The highest BCUT2D eigenvalue weighted by Gasteiger charge is 2.11. The van der Waals surface area contributed by atoms with Crippen LogP contribution in [0.2, 0.25) is 0 Å². The van der Waals surface area contributed by atoms with Gasteiger partial charge in [0.05, 0.1) is 18.1 Å². The Morgan fingerprint density at radius 3 is 2.23 bits per heavy atom. The maximum absolute atomic E-state index is 5.92. The molecule has 0 amide bonds. The van der Waals surface area contributed by atoms with E-state index in [-0.39, 0.29) is 6.04 Å². The number of benzene rings is 3. The summed E-state index contributed by atoms with van der Waals surface area (Å²) in [4.78, 5) is 4.42. The zero-order chi connectivity index (χ0) is 20.8. The summed E-state index contributed by atoms with van der Waals surface area (Å²) >= 11 is 0. The van der Waals surface area contributed by atoms with E-state index in [0.29, 0.717) is 0 Å². The van der Waals surface area contributed by atoms with Gasteiger partial charge in [-0.25, -0.2) is 4.98 Å². The first-order chi connectivity index (χ1) is 14.7. The van der Waals surface area contributed by atoms with Crippen LogP contribution < -0.4 is 10.1 Å². The van der Waals surface area contributed by atoms with E-state index in [4.69, 9.17) is 4.74 Å². The summed E-state index contributed by atoms with van der Waals surface area (Å²) in [6.45, 7) is 2.21. The Balaban J connectivity index is 1.45. The second-order valence-corrected chi connectivity index (χ2v) is 7.47. The van der Waals surface area contributed by atoms with Crippen LogP contribution in [0.3, 0.4) is 0 Å². The molecule has 0 aliphatic rings. The summed E-state index contributed by atoms with van der Waals surface area (Å²) < 4.78 is 7.88. The zero-order valence-electron chi connectivity index (χ0n) is 17.5. The quantitative estimate of drug-likeness (QED) is 0.354. The highest BCUT2D eigenvalue weighted by Crippen LogP contribution is 2.28. The van der Waals surface area contributed by atoms with Gasteiger partial charge in [-0.1, -0.05) is 55.8 Å². The van der Waals surface area contributed by atoms with Crippen molar-refractivity contribution in [3.63, 3.8) is 0 Å². The SMILES string of the molecule is CCCC(Nc1ccc(-c2cn(C)cn2)cc1)c1ccc(Oc2ccccc2)cc1. The lowest BCUT2D eigenvalue weighted by molar-refractivity contribution is 0.482. The van der Waals surface area contributed by atoms with Crippen molar-refractivity contribution in [2.24, 2.45) is 7.05 Å². The lowest BCUT2D eigenvalue weighted by Gasteiger charge is -2.20. The molecule has 152 valence electrons. The Morgan fingerprint density at radius 2 is 1.60 bits per heavy atom. The largest absolute Gasteiger partial charge is 0.457 e. The molecule has 4 heteroatoms. The number of nitrogens with zero attached hydrogens (tertiary/aromatic N) is 2. The van der Waals surface area contributed by atoms with Gasteiger partial charge in [-0.2, -0.15) is 0 Å². The van der Waals surface area contributed by atoms with E-state index in [9.17, 15) is 0 Å². The molecule has 4 rings (SSSR count). The van der Waals surface area contributed by atoms with Gasteiger partial charge in [0, 0.05) is 24.5 Å². The van der Waals surface area contributed by atoms with Crippen LogP contribution >= 0.6 is 0 Å². The van der Waals surface area contributed by atoms with E-state index < -0.39 is 0 Å². The van der Waals surface area contributed by atoms with Crippen LogP contribution in [0.4, 0.5) is 5.69 Å². The maximum Gasteiger partial charge on any atom is 0.127 e. The lowest BCUT2D eigenvalue weighted by Crippen LogP contribution is -2.10. The van der Waals surface area contributed by atoms with Gasteiger partial charge in [0.25, 0.3) is 0 Å². The number of hydrogen-bond donors (Lipinski definition) is 1. The molecule has 1 aromatic heterocycles. The van der Waals surface area contributed by atoms with Crippen LogP contribution in [0.25, 0.3) is 11.3 Å². The molecule has 0 saturated heterocycles. The number of nitrogens with one attached hydrogen (secondary N) is 1. The molecule has 1 N–H and O–H groups in total. The van der Waals surface area contributed by atoms with Gasteiger partial charge in [-0.05, 0) is 48.4 Å². The Morgan fingerprint density at radius 1 is 0.900 bits per heavy atom. The molecule has 1 unspecified atom stereocenters. The molecule has 4 aromatic rings. The van der Waals surface area contributed by atoms with Crippen molar-refractivity contribution in [3.8, 4) is 22.8 Å². The van der Waals surface area contributed by atoms with Crippen molar-refractivity contribution in [1.82, 2.24) is 9.55 Å². The molecule has 0 radical (unpaired) electrons. The van der Waals surface area contributed by atoms with Crippen molar-refractivity contribution >= 4 is 5.69 Å². The molecule has 0 spiro atoms. The molecule has 1 atom stereocenters. The predicted molar refractivity (Wildman–Crippen MR) is 123 cm³/mol. The number of anilines is 1. The fraction of sp³-hybridized carbons (Fsp3) is 0.192. The van der Waals surface area contributed by atoms with E-state index >= 15 is 0 Å². The summed E-state index contributed by atoms with van der Waals surface area (Å²) in [5.74, 6) is 1.70. The normalized spacial score (nSPS) is 11.8. The van der Waals surface area contributed by atoms with Gasteiger partial charge in [-0.3, -0.25) is 0 Å². The van der Waals surface area contributed by atoms with Crippen LogP contribution in [0.5, 0.6) is 11.5 Å². The Bertz CT molecular complexity index is 1050. The van der Waals surface area contributed by atoms with E-state index in [2.05, 4.69) is 53.6 Å². The number of hydrogen-bond acceptors (Lipinski definition) is 3. The molecule has 0 bridgehead atoms. The Labute approximate surface area is 178 Å². The minimum Gasteiger partial charge on any atom is -0.457 e. The summed E-state index contributed by atoms with van der Waals surface area (Å²) in [5.41, 5.74) is 4.47. The summed E-state index contributed by atoms with van der Waals surface area (Å²) in [5, 5.41) is 3.68. The van der Waals surface area contributed by atoms with Crippen molar-refractivity contribution in [3.05, 3.63) is 97.0 Å². The number of aryl methyl sites for hydroxylation is 1. The molecule has 3 aromatic carbocycles. The van der Waals surface area contributed by atoms with Gasteiger partial charge >= 0.3 is 0 Å². The minimum atomic E-state index is 0.251. The first kappa shape index (κ1) is 19.8. The van der Waals surface area contributed by atoms with Crippen LogP contribution in [0.1, 0.15) is 31.4 Å². The second kappa shape index (κ2) is 9.31. The van der Waals surface area contributed by atoms with Crippen molar-refractivity contribution < 1.29 is 4.74 Å². The molecular weight excluding hydrogens is 370 g/mol. The van der Waals surface area contributed by atoms with Crippen LogP contribution in [-0.4, -0.2) is 9.55 Å². The molecule has 0 saturated carbocycles. The predicted octanol–water partition coefficient (Wildman–Crippen LogP) is 6.83. The zero-order valence-corrected chi connectivity index (χ0v) is 17.5. The highest BCUT2D eigenvalue weighted by atomic mass is 16.5. The first-order valence-corrected chi connectivity index (χ1v) is 10.4. The average molecular weight is 398 g/mol. The number of para-hydroxylation sites is 1. The highest BCUT2D eigenvalue weighted by molar-refractivity contribution is 5.62. The van der Waals surface area contributed by atoms with E-state index in [1.165, 1.54) is 5.56 Å². The Kier molecular flexibility index (Phi) is 6.14. The van der Waals surface area contributed by atoms with Gasteiger partial charge in [0.2, 0.25) is 0 Å². The number of imidazole rings is 1. The van der Waals surface area contributed by atoms with E-state index in [1.54, 1.807) is 0 Å². The van der Waals surface area contributed by atoms with Crippen LogP contribution in [0, 0.1) is 0 Å². The third-order valence-corrected chi connectivity index (χ3v) is 5.07. The molecular formula is C26H27N3O. The van der Waals surface area contributed by atoms with E-state index in [0.717, 1.165) is 41.3 Å². The fourth-order valence-corrected chi connectivity index (χ4v) is 3.50. The average Bonchev–Trinajstić information content (AvgIpc) is 3.22. The molecule has 30 heavy (non-hydrogen) atoms. The summed E-state index contributed by atoms with van der Waals surface area (Å²) in [6.07, 6.45) is 6.01. The molecule has 0 aliphatic carbocycles. The maximum atomic E-state index is 5.92. The lowest BCUT2D eigenvalue weighted by atomic mass is 10.0. The minimum absolute atomic E-state index is 0.251. The van der Waals surface area contributed by atoms with Crippen LogP contribution in [0.15, 0.2) is 91.4 Å². The topological polar surface area (TPSA) is 39.1 Å². The molecule has 0 fully saturated rings. The summed E-state index contributed by atoms with van der Waals surface area (Å²) in [7, 11) is 1.98. The first-order valence-electron chi connectivity index (χ1n) is 10.4. The fourth-order valence-electron chi connectivity index (χ4n) is 3.50. The van der Waals surface area contributed by atoms with Gasteiger partial charge in [0.15, 0.2) is 0 Å². The molecule has 1 heterocycles. The summed E-state index contributed by atoms with van der Waals surface area (Å²) in [6, 6.07) is 27.0. The molecule has 4 nitrogen and oxygen atoms in total. The van der Waals surface area contributed by atoms with Gasteiger partial charge in [0.1, 0.15) is 11.5 Å².